The smallest absolute Gasteiger partial charge is 0.00894 e. The van der Waals surface area contributed by atoms with Gasteiger partial charge in [0.25, 0.3) is 0 Å². The predicted octanol–water partition coefficient (Wildman–Crippen LogP) is 3.01. The van der Waals surface area contributed by atoms with E-state index in [9.17, 15) is 0 Å². The first-order valence-corrected chi connectivity index (χ1v) is 6.92. The molecule has 15 heavy (non-hydrogen) atoms. The van der Waals surface area contributed by atoms with E-state index in [2.05, 4.69) is 18.3 Å². The summed E-state index contributed by atoms with van der Waals surface area (Å²) < 4.78 is 0. The molecule has 0 aromatic carbocycles. The van der Waals surface area contributed by atoms with E-state index < -0.39 is 0 Å². The molecule has 0 amide bonds. The molecule has 2 aliphatic rings. The Hall–Kier alpha value is -0.340. The minimum absolute atomic E-state index is 0.511. The SMILES string of the molecule is Cc1cc2c(s1)CCC[C@]21CCCNC1. The van der Waals surface area contributed by atoms with Crippen molar-refractivity contribution >= 4 is 11.3 Å². The van der Waals surface area contributed by atoms with Crippen LogP contribution in [0, 0.1) is 6.92 Å². The third-order valence-corrected chi connectivity index (χ3v) is 5.15. The Bertz CT molecular complexity index is 361. The summed E-state index contributed by atoms with van der Waals surface area (Å²) in [5.74, 6) is 0. The number of fused-ring (bicyclic) bond motifs is 2. The first kappa shape index (κ1) is 9.86. The van der Waals surface area contributed by atoms with E-state index in [0.29, 0.717) is 5.41 Å². The third kappa shape index (κ3) is 1.55. The summed E-state index contributed by atoms with van der Waals surface area (Å²) >= 11 is 2.03. The Kier molecular flexibility index (Phi) is 2.37. The molecule has 2 heterocycles. The lowest BCUT2D eigenvalue weighted by Gasteiger charge is -2.41. The maximum Gasteiger partial charge on any atom is 0.00894 e. The molecule has 1 aromatic rings. The standard InChI is InChI=1S/C13H19NS/c1-10-8-11-12(15-10)4-2-5-13(11)6-3-7-14-9-13/h8,14H,2-7,9H2,1H3/t13-/m1/s1. The van der Waals surface area contributed by atoms with Crippen molar-refractivity contribution in [3.05, 3.63) is 21.4 Å². The van der Waals surface area contributed by atoms with Gasteiger partial charge in [0.15, 0.2) is 0 Å². The number of nitrogens with one attached hydrogen (secondary N) is 1. The van der Waals surface area contributed by atoms with Crippen LogP contribution in [0.3, 0.4) is 0 Å². The maximum atomic E-state index is 3.60. The lowest BCUT2D eigenvalue weighted by Crippen LogP contribution is -2.44. The molecule has 0 radical (unpaired) electrons. The van der Waals surface area contributed by atoms with Crippen molar-refractivity contribution in [3.63, 3.8) is 0 Å². The van der Waals surface area contributed by atoms with E-state index in [1.165, 1.54) is 50.1 Å². The second-order valence-electron chi connectivity index (χ2n) is 5.11. The molecular formula is C13H19NS. The van der Waals surface area contributed by atoms with Gasteiger partial charge in [0.2, 0.25) is 0 Å². The van der Waals surface area contributed by atoms with Gasteiger partial charge in [0, 0.05) is 21.7 Å². The van der Waals surface area contributed by atoms with Gasteiger partial charge < -0.3 is 5.32 Å². The molecule has 0 unspecified atom stereocenters. The lowest BCUT2D eigenvalue weighted by atomic mass is 9.68. The Morgan fingerprint density at radius 1 is 1.33 bits per heavy atom. The average molecular weight is 221 g/mol. The molecule has 2 heteroatoms. The largest absolute Gasteiger partial charge is 0.316 e. The van der Waals surface area contributed by atoms with E-state index in [1.807, 2.05) is 11.3 Å². The molecule has 0 saturated carbocycles. The van der Waals surface area contributed by atoms with Crippen LogP contribution in [0.15, 0.2) is 6.07 Å². The topological polar surface area (TPSA) is 12.0 Å². The third-order valence-electron chi connectivity index (χ3n) is 4.03. The average Bonchev–Trinajstić information content (AvgIpc) is 2.62. The number of thiophene rings is 1. The molecule has 1 N–H and O–H groups in total. The Labute approximate surface area is 95.9 Å². The number of piperidine rings is 1. The Balaban J connectivity index is 2.03. The molecule has 1 aliphatic heterocycles. The van der Waals surface area contributed by atoms with Gasteiger partial charge in [-0.25, -0.2) is 0 Å². The van der Waals surface area contributed by atoms with E-state index in [0.717, 1.165) is 0 Å². The van der Waals surface area contributed by atoms with Crippen molar-refractivity contribution < 1.29 is 0 Å². The van der Waals surface area contributed by atoms with Crippen molar-refractivity contribution in [2.75, 3.05) is 13.1 Å². The van der Waals surface area contributed by atoms with Crippen molar-refractivity contribution in [3.8, 4) is 0 Å². The molecule has 1 saturated heterocycles. The molecule has 1 aliphatic carbocycles. The normalized spacial score (nSPS) is 30.5. The van der Waals surface area contributed by atoms with Crippen LogP contribution in [-0.4, -0.2) is 13.1 Å². The molecule has 1 fully saturated rings. The van der Waals surface area contributed by atoms with E-state index in [-0.39, 0.29) is 0 Å². The highest BCUT2D eigenvalue weighted by atomic mass is 32.1. The molecule has 82 valence electrons. The van der Waals surface area contributed by atoms with Crippen LogP contribution in [-0.2, 0) is 11.8 Å². The second-order valence-corrected chi connectivity index (χ2v) is 6.45. The number of rotatable bonds is 0. The van der Waals surface area contributed by atoms with Gasteiger partial charge in [-0.05, 0) is 57.2 Å². The first-order valence-electron chi connectivity index (χ1n) is 6.11. The van der Waals surface area contributed by atoms with Gasteiger partial charge in [0.1, 0.15) is 0 Å². The molecule has 1 nitrogen and oxygen atoms in total. The Morgan fingerprint density at radius 3 is 3.00 bits per heavy atom. The lowest BCUT2D eigenvalue weighted by molar-refractivity contribution is 0.275. The molecule has 3 rings (SSSR count). The Morgan fingerprint density at radius 2 is 2.20 bits per heavy atom. The predicted molar refractivity (Wildman–Crippen MR) is 65.8 cm³/mol. The van der Waals surface area contributed by atoms with Gasteiger partial charge in [-0.15, -0.1) is 11.3 Å². The van der Waals surface area contributed by atoms with E-state index >= 15 is 0 Å². The summed E-state index contributed by atoms with van der Waals surface area (Å²) in [6.07, 6.45) is 6.89. The zero-order valence-corrected chi connectivity index (χ0v) is 10.3. The zero-order valence-electron chi connectivity index (χ0n) is 9.44. The molecular weight excluding hydrogens is 202 g/mol. The van der Waals surface area contributed by atoms with E-state index in [1.54, 1.807) is 10.4 Å². The fourth-order valence-corrected chi connectivity index (χ4v) is 4.53. The highest BCUT2D eigenvalue weighted by Gasteiger charge is 2.38. The van der Waals surface area contributed by atoms with Crippen LogP contribution >= 0.6 is 11.3 Å². The highest BCUT2D eigenvalue weighted by Crippen LogP contribution is 2.44. The summed E-state index contributed by atoms with van der Waals surface area (Å²) in [4.78, 5) is 3.19. The fraction of sp³-hybridized carbons (Fsp3) is 0.692. The van der Waals surface area contributed by atoms with Crippen LogP contribution in [0.25, 0.3) is 0 Å². The van der Waals surface area contributed by atoms with Crippen LogP contribution in [0.4, 0.5) is 0 Å². The molecule has 1 spiro atoms. The summed E-state index contributed by atoms with van der Waals surface area (Å²) in [7, 11) is 0. The monoisotopic (exact) mass is 221 g/mol. The molecule has 0 bridgehead atoms. The first-order chi connectivity index (χ1) is 7.30. The van der Waals surface area contributed by atoms with Gasteiger partial charge in [-0.3, -0.25) is 0 Å². The summed E-state index contributed by atoms with van der Waals surface area (Å²) in [5, 5.41) is 3.60. The van der Waals surface area contributed by atoms with Gasteiger partial charge >= 0.3 is 0 Å². The minimum Gasteiger partial charge on any atom is -0.316 e. The quantitative estimate of drug-likeness (QED) is 0.710. The van der Waals surface area contributed by atoms with Crippen LogP contribution in [0.2, 0.25) is 0 Å². The van der Waals surface area contributed by atoms with Crippen LogP contribution < -0.4 is 5.32 Å². The van der Waals surface area contributed by atoms with Gasteiger partial charge in [0.05, 0.1) is 0 Å². The van der Waals surface area contributed by atoms with Crippen LogP contribution in [0.1, 0.15) is 41.0 Å². The zero-order chi connectivity index (χ0) is 10.3. The van der Waals surface area contributed by atoms with E-state index in [4.69, 9.17) is 0 Å². The van der Waals surface area contributed by atoms with Crippen molar-refractivity contribution in [2.24, 2.45) is 0 Å². The maximum absolute atomic E-state index is 3.60. The van der Waals surface area contributed by atoms with Gasteiger partial charge in [-0.2, -0.15) is 0 Å². The minimum atomic E-state index is 0.511. The number of hydrogen-bond acceptors (Lipinski definition) is 2. The van der Waals surface area contributed by atoms with Gasteiger partial charge in [-0.1, -0.05) is 0 Å². The highest BCUT2D eigenvalue weighted by molar-refractivity contribution is 7.12. The van der Waals surface area contributed by atoms with Crippen molar-refractivity contribution in [1.29, 1.82) is 0 Å². The molecule has 1 atom stereocenters. The fourth-order valence-electron chi connectivity index (χ4n) is 3.33. The molecule has 1 aromatic heterocycles. The number of hydrogen-bond donors (Lipinski definition) is 1. The van der Waals surface area contributed by atoms with Crippen LogP contribution in [0.5, 0.6) is 0 Å². The van der Waals surface area contributed by atoms with Crippen molar-refractivity contribution in [1.82, 2.24) is 5.32 Å². The summed E-state index contributed by atoms with van der Waals surface area (Å²) in [6.45, 7) is 4.70. The summed E-state index contributed by atoms with van der Waals surface area (Å²) in [6, 6.07) is 2.46. The summed E-state index contributed by atoms with van der Waals surface area (Å²) in [5.41, 5.74) is 2.21. The number of aryl methyl sites for hydroxylation is 2. The second kappa shape index (κ2) is 3.60. The van der Waals surface area contributed by atoms with Crippen molar-refractivity contribution in [2.45, 2.75) is 44.4 Å².